The highest BCUT2D eigenvalue weighted by Gasteiger charge is 2.63. The molecule has 2 amide bonds. The number of nitrogens with two attached hydrogens (primary N) is 1. The summed E-state index contributed by atoms with van der Waals surface area (Å²) >= 11 is 0. The van der Waals surface area contributed by atoms with Crippen molar-refractivity contribution in [1.82, 2.24) is 10.2 Å². The van der Waals surface area contributed by atoms with Gasteiger partial charge in [-0.25, -0.2) is 4.39 Å². The Morgan fingerprint density at radius 3 is 2.51 bits per heavy atom. The fraction of sp³-hybridized carbons (Fsp3) is 0.500. The number of phenols is 1. The highest BCUT2D eigenvalue weighted by Crippen LogP contribution is 2.53. The number of aromatic hydroxyl groups is 1. The maximum atomic E-state index is 15.4. The number of aliphatic hydroxyl groups excluding tert-OH is 2. The Morgan fingerprint density at radius 2 is 1.88 bits per heavy atom. The SMILES string of the molecule is CCCN[C@@H]1C(=O)C(C(N)=O)=C(O)[C@@]2(O)C(=O)C3=C(O)c4c(O)c(NC(=O)CN5CCCC5)cc(F)c4C[C@H]3C[C@@H]12. The molecule has 41 heavy (non-hydrogen) atoms. The van der Waals surface area contributed by atoms with Gasteiger partial charge in [-0.05, 0) is 57.7 Å². The third kappa shape index (κ3) is 4.48. The lowest BCUT2D eigenvalue weighted by Crippen LogP contribution is -2.66. The van der Waals surface area contributed by atoms with Gasteiger partial charge in [0.15, 0.2) is 17.1 Å². The first-order valence-electron chi connectivity index (χ1n) is 13.7. The standard InChI is InChI=1S/C28H33FN4O8/c1-2-5-31-21-14-9-12-8-13-15(29)10-16(32-17(34)11-33-6-3-4-7-33)22(35)19(13)23(36)18(12)25(38)28(14,41)26(39)20(24(21)37)27(30)40/h10,12,14,21,31,35-36,39,41H,2-9,11H2,1H3,(H2,30,40)(H,32,34)/t12-,14-,21-,28-/m0/s1. The van der Waals surface area contributed by atoms with Crippen molar-refractivity contribution >= 4 is 34.8 Å². The van der Waals surface area contributed by atoms with E-state index in [1.165, 1.54) is 0 Å². The number of amides is 2. The predicted octanol–water partition coefficient (Wildman–Crippen LogP) is 0.575. The molecule has 220 valence electrons. The molecule has 0 aromatic heterocycles. The van der Waals surface area contributed by atoms with E-state index in [4.69, 9.17) is 5.73 Å². The molecule has 13 heteroatoms. The van der Waals surface area contributed by atoms with Gasteiger partial charge in [-0.2, -0.15) is 0 Å². The molecule has 1 aromatic carbocycles. The van der Waals surface area contributed by atoms with Crippen LogP contribution in [0, 0.1) is 17.7 Å². The van der Waals surface area contributed by atoms with E-state index in [-0.39, 0.29) is 37.2 Å². The van der Waals surface area contributed by atoms with Crippen molar-refractivity contribution in [3.63, 3.8) is 0 Å². The van der Waals surface area contributed by atoms with E-state index in [1.54, 1.807) is 0 Å². The number of anilines is 1. The molecule has 1 aliphatic heterocycles. The molecule has 3 aliphatic carbocycles. The van der Waals surface area contributed by atoms with Crippen LogP contribution >= 0.6 is 0 Å². The van der Waals surface area contributed by atoms with Gasteiger partial charge in [0.25, 0.3) is 5.91 Å². The minimum Gasteiger partial charge on any atom is -0.508 e. The van der Waals surface area contributed by atoms with Crippen LogP contribution in [0.2, 0.25) is 0 Å². The molecular formula is C28H33FN4O8. The Bertz CT molecular complexity index is 1420. The normalized spacial score (nSPS) is 27.9. The average molecular weight is 573 g/mol. The van der Waals surface area contributed by atoms with Gasteiger partial charge in [0.1, 0.15) is 22.9 Å². The van der Waals surface area contributed by atoms with Crippen LogP contribution in [0.4, 0.5) is 10.1 Å². The first kappa shape index (κ1) is 28.7. The van der Waals surface area contributed by atoms with Gasteiger partial charge in [0.05, 0.1) is 23.8 Å². The van der Waals surface area contributed by atoms with Gasteiger partial charge < -0.3 is 36.8 Å². The van der Waals surface area contributed by atoms with Gasteiger partial charge in [-0.3, -0.25) is 24.1 Å². The molecule has 4 atom stereocenters. The summed E-state index contributed by atoms with van der Waals surface area (Å²) in [5.41, 5.74) is 0.383. The largest absolute Gasteiger partial charge is 0.508 e. The molecule has 5 rings (SSSR count). The van der Waals surface area contributed by atoms with Crippen molar-refractivity contribution in [3.8, 4) is 5.75 Å². The van der Waals surface area contributed by atoms with E-state index in [2.05, 4.69) is 10.6 Å². The van der Waals surface area contributed by atoms with E-state index in [0.717, 1.165) is 32.0 Å². The molecule has 1 saturated heterocycles. The summed E-state index contributed by atoms with van der Waals surface area (Å²) in [5, 5.41) is 50.2. The van der Waals surface area contributed by atoms with Crippen molar-refractivity contribution in [1.29, 1.82) is 0 Å². The molecular weight excluding hydrogens is 539 g/mol. The second kappa shape index (κ2) is 10.5. The van der Waals surface area contributed by atoms with Crippen LogP contribution in [-0.2, 0) is 25.6 Å². The zero-order chi connectivity index (χ0) is 29.8. The third-order valence-electron chi connectivity index (χ3n) is 8.60. The van der Waals surface area contributed by atoms with Crippen molar-refractivity contribution in [2.45, 2.75) is 50.7 Å². The zero-order valence-electron chi connectivity index (χ0n) is 22.5. The second-order valence-electron chi connectivity index (χ2n) is 11.1. The molecule has 12 nitrogen and oxygen atoms in total. The number of phenolic OH excluding ortho intramolecular Hbond substituents is 1. The summed E-state index contributed by atoms with van der Waals surface area (Å²) in [4.78, 5) is 53.6. The number of ketones is 2. The average Bonchev–Trinajstić information content (AvgIpc) is 3.41. The third-order valence-corrected chi connectivity index (χ3v) is 8.60. The lowest BCUT2D eigenvalue weighted by atomic mass is 9.57. The number of fused-ring (bicyclic) bond motifs is 3. The highest BCUT2D eigenvalue weighted by molar-refractivity contribution is 6.24. The van der Waals surface area contributed by atoms with Crippen LogP contribution in [0.25, 0.3) is 5.76 Å². The van der Waals surface area contributed by atoms with E-state index >= 15 is 4.39 Å². The Hall–Kier alpha value is -3.81. The summed E-state index contributed by atoms with van der Waals surface area (Å²) in [6, 6.07) is -0.322. The van der Waals surface area contributed by atoms with Crippen molar-refractivity contribution in [2.75, 3.05) is 31.5 Å². The maximum Gasteiger partial charge on any atom is 0.255 e. The first-order valence-corrected chi connectivity index (χ1v) is 13.7. The number of nitrogens with zero attached hydrogens (tertiary/aromatic N) is 1. The molecule has 4 aliphatic rings. The highest BCUT2D eigenvalue weighted by atomic mass is 19.1. The van der Waals surface area contributed by atoms with Crippen molar-refractivity contribution in [2.24, 2.45) is 17.6 Å². The smallest absolute Gasteiger partial charge is 0.255 e. The molecule has 0 bridgehead atoms. The van der Waals surface area contributed by atoms with Gasteiger partial charge in [-0.1, -0.05) is 6.92 Å². The number of benzene rings is 1. The number of primary amides is 1. The number of hydrogen-bond acceptors (Lipinski definition) is 10. The number of aliphatic hydroxyl groups is 3. The van der Waals surface area contributed by atoms with Crippen LogP contribution in [0.1, 0.15) is 43.7 Å². The number of halogens is 1. The van der Waals surface area contributed by atoms with E-state index in [9.17, 15) is 39.6 Å². The number of carbonyl (C=O) groups excluding carboxylic acids is 4. The summed E-state index contributed by atoms with van der Waals surface area (Å²) in [6.07, 6.45) is 2.12. The molecule has 8 N–H and O–H groups in total. The monoisotopic (exact) mass is 572 g/mol. The molecule has 2 fully saturated rings. The topological polar surface area (TPSA) is 203 Å². The van der Waals surface area contributed by atoms with Gasteiger partial charge in [0, 0.05) is 23.1 Å². The van der Waals surface area contributed by atoms with E-state index in [0.29, 0.717) is 6.42 Å². The van der Waals surface area contributed by atoms with Crippen LogP contribution in [0.15, 0.2) is 23.0 Å². The minimum atomic E-state index is -2.79. The van der Waals surface area contributed by atoms with Crippen LogP contribution in [0.5, 0.6) is 5.75 Å². The second-order valence-corrected chi connectivity index (χ2v) is 11.1. The Kier molecular flexibility index (Phi) is 7.38. The summed E-state index contributed by atoms with van der Waals surface area (Å²) in [7, 11) is 0. The fourth-order valence-corrected chi connectivity index (χ4v) is 6.66. The van der Waals surface area contributed by atoms with Crippen molar-refractivity contribution in [3.05, 3.63) is 39.9 Å². The lowest BCUT2D eigenvalue weighted by molar-refractivity contribution is -0.150. The maximum absolute atomic E-state index is 15.4. The van der Waals surface area contributed by atoms with Gasteiger partial charge >= 0.3 is 0 Å². The molecule has 0 unspecified atom stereocenters. The van der Waals surface area contributed by atoms with E-state index in [1.807, 2.05) is 11.8 Å². The number of nitrogens with one attached hydrogen (secondary N) is 2. The van der Waals surface area contributed by atoms with Crippen LogP contribution < -0.4 is 16.4 Å². The number of likely N-dealkylation sites (tertiary alicyclic amines) is 1. The van der Waals surface area contributed by atoms with E-state index < -0.39 is 86.7 Å². The predicted molar refractivity (Wildman–Crippen MR) is 143 cm³/mol. The summed E-state index contributed by atoms with van der Waals surface area (Å²) in [6.45, 7) is 3.59. The van der Waals surface area contributed by atoms with Gasteiger partial charge in [-0.15, -0.1) is 0 Å². The number of Topliss-reactive ketones (excluding diaryl/α,β-unsaturated/α-hetero) is 2. The molecule has 0 spiro atoms. The summed E-state index contributed by atoms with van der Waals surface area (Å²) in [5.74, 6) is -9.61. The lowest BCUT2D eigenvalue weighted by Gasteiger charge is -2.49. The Labute approximate surface area is 234 Å². The molecule has 1 aromatic rings. The minimum absolute atomic E-state index is 0.0277. The van der Waals surface area contributed by atoms with Crippen LogP contribution in [-0.4, -0.2) is 86.5 Å². The van der Waals surface area contributed by atoms with Crippen molar-refractivity contribution < 1.29 is 44.0 Å². The first-order chi connectivity index (χ1) is 19.4. The zero-order valence-corrected chi connectivity index (χ0v) is 22.5. The Balaban J connectivity index is 1.58. The number of carbonyl (C=O) groups is 4. The molecule has 1 heterocycles. The Morgan fingerprint density at radius 1 is 1.20 bits per heavy atom. The summed E-state index contributed by atoms with van der Waals surface area (Å²) < 4.78 is 15.4. The molecule has 0 radical (unpaired) electrons. The quantitative estimate of drug-likeness (QED) is 0.179. The van der Waals surface area contributed by atoms with Crippen LogP contribution in [0.3, 0.4) is 0 Å². The number of rotatable bonds is 7. The fourth-order valence-electron chi connectivity index (χ4n) is 6.66. The van der Waals surface area contributed by atoms with Gasteiger partial charge in [0.2, 0.25) is 11.7 Å². The number of hydrogen-bond donors (Lipinski definition) is 7. The molecule has 1 saturated carbocycles.